The van der Waals surface area contributed by atoms with E-state index in [2.05, 4.69) is 16.2 Å². The molecule has 1 aliphatic heterocycles. The standard InChI is InChI=1S/C6H7NS/c1-2-3-7-4-5-8-6-7/h1,4-5H,3,6H2. The van der Waals surface area contributed by atoms with Crippen LogP contribution >= 0.6 is 11.8 Å². The molecule has 0 unspecified atom stereocenters. The molecule has 1 aliphatic rings. The van der Waals surface area contributed by atoms with Gasteiger partial charge in [-0.15, -0.1) is 18.2 Å². The summed E-state index contributed by atoms with van der Waals surface area (Å²) in [6.45, 7) is 0.740. The lowest BCUT2D eigenvalue weighted by Gasteiger charge is -2.07. The Kier molecular flexibility index (Phi) is 1.87. The third-order valence-corrected chi connectivity index (χ3v) is 1.70. The van der Waals surface area contributed by atoms with Crippen molar-refractivity contribution in [2.75, 3.05) is 12.4 Å². The molecule has 42 valence electrons. The molecule has 1 nitrogen and oxygen atoms in total. The van der Waals surface area contributed by atoms with Crippen LogP contribution in [0.15, 0.2) is 11.6 Å². The quantitative estimate of drug-likeness (QED) is 0.483. The lowest BCUT2D eigenvalue weighted by Crippen LogP contribution is -2.12. The second-order valence-electron chi connectivity index (χ2n) is 1.53. The maximum absolute atomic E-state index is 5.07. The van der Waals surface area contributed by atoms with Gasteiger partial charge in [0, 0.05) is 6.20 Å². The van der Waals surface area contributed by atoms with Gasteiger partial charge in [-0.05, 0) is 5.41 Å². The van der Waals surface area contributed by atoms with Gasteiger partial charge in [-0.1, -0.05) is 5.92 Å². The van der Waals surface area contributed by atoms with Gasteiger partial charge in [-0.3, -0.25) is 0 Å². The first kappa shape index (κ1) is 5.58. The van der Waals surface area contributed by atoms with E-state index < -0.39 is 0 Å². The van der Waals surface area contributed by atoms with Crippen molar-refractivity contribution in [3.63, 3.8) is 0 Å². The van der Waals surface area contributed by atoms with Crippen LogP contribution < -0.4 is 0 Å². The maximum Gasteiger partial charge on any atom is 0.0795 e. The molecule has 0 aromatic carbocycles. The van der Waals surface area contributed by atoms with Crippen molar-refractivity contribution in [1.82, 2.24) is 4.90 Å². The van der Waals surface area contributed by atoms with Gasteiger partial charge in [0.2, 0.25) is 0 Å². The zero-order valence-corrected chi connectivity index (χ0v) is 5.32. The second kappa shape index (κ2) is 2.68. The molecular formula is C6H7NS. The molecule has 0 radical (unpaired) electrons. The van der Waals surface area contributed by atoms with Crippen LogP contribution in [-0.2, 0) is 0 Å². The third-order valence-electron chi connectivity index (χ3n) is 0.903. The molecule has 8 heavy (non-hydrogen) atoms. The molecule has 0 atom stereocenters. The fraction of sp³-hybridized carbons (Fsp3) is 0.333. The molecule has 1 rings (SSSR count). The summed E-state index contributed by atoms with van der Waals surface area (Å²) in [6.07, 6.45) is 7.09. The maximum atomic E-state index is 5.07. The van der Waals surface area contributed by atoms with Crippen LogP contribution in [0.5, 0.6) is 0 Å². The molecular weight excluding hydrogens is 118 g/mol. The van der Waals surface area contributed by atoms with Crippen molar-refractivity contribution >= 4 is 11.8 Å². The average Bonchev–Trinajstić information content (AvgIpc) is 2.19. The third kappa shape index (κ3) is 1.21. The Balaban J connectivity index is 2.28. The molecule has 0 N–H and O–H groups in total. The summed E-state index contributed by atoms with van der Waals surface area (Å²) in [5, 5.41) is 2.05. The number of thioether (sulfide) groups is 1. The van der Waals surface area contributed by atoms with Crippen LogP contribution in [0, 0.1) is 12.3 Å². The summed E-state index contributed by atoms with van der Waals surface area (Å²) in [4.78, 5) is 2.09. The number of hydrogen-bond acceptors (Lipinski definition) is 2. The second-order valence-corrected chi connectivity index (χ2v) is 2.40. The van der Waals surface area contributed by atoms with Crippen molar-refractivity contribution in [3.8, 4) is 12.3 Å². The van der Waals surface area contributed by atoms with Gasteiger partial charge in [-0.2, -0.15) is 0 Å². The molecule has 0 aliphatic carbocycles. The zero-order chi connectivity index (χ0) is 5.82. The van der Waals surface area contributed by atoms with E-state index in [1.165, 1.54) is 0 Å². The van der Waals surface area contributed by atoms with Gasteiger partial charge in [-0.25, -0.2) is 0 Å². The molecule has 0 aromatic heterocycles. The smallest absolute Gasteiger partial charge is 0.0795 e. The summed E-state index contributed by atoms with van der Waals surface area (Å²) in [5.41, 5.74) is 0. The van der Waals surface area contributed by atoms with E-state index >= 15 is 0 Å². The molecule has 0 spiro atoms. The van der Waals surface area contributed by atoms with Crippen molar-refractivity contribution in [2.24, 2.45) is 0 Å². The van der Waals surface area contributed by atoms with E-state index in [0.717, 1.165) is 12.4 Å². The highest BCUT2D eigenvalue weighted by Crippen LogP contribution is 2.13. The topological polar surface area (TPSA) is 3.24 Å². The molecule has 0 amide bonds. The largest absolute Gasteiger partial charge is 0.356 e. The van der Waals surface area contributed by atoms with E-state index in [-0.39, 0.29) is 0 Å². The molecule has 0 aromatic rings. The predicted molar refractivity (Wildman–Crippen MR) is 37.1 cm³/mol. The van der Waals surface area contributed by atoms with Crippen LogP contribution in [0.2, 0.25) is 0 Å². The number of rotatable bonds is 1. The summed E-state index contributed by atoms with van der Waals surface area (Å²) in [5.74, 6) is 3.59. The van der Waals surface area contributed by atoms with Crippen molar-refractivity contribution < 1.29 is 0 Å². The van der Waals surface area contributed by atoms with Crippen LogP contribution in [0.3, 0.4) is 0 Å². The SMILES string of the molecule is C#CCN1C=CSC1. The Morgan fingerprint density at radius 3 is 3.25 bits per heavy atom. The highest BCUT2D eigenvalue weighted by atomic mass is 32.2. The number of terminal acetylenes is 1. The molecule has 0 saturated carbocycles. The normalized spacial score (nSPS) is 16.6. The van der Waals surface area contributed by atoms with E-state index in [9.17, 15) is 0 Å². The molecule has 0 fully saturated rings. The Labute approximate surface area is 53.8 Å². The van der Waals surface area contributed by atoms with Crippen molar-refractivity contribution in [3.05, 3.63) is 11.6 Å². The van der Waals surface area contributed by atoms with Crippen LogP contribution in [0.4, 0.5) is 0 Å². The number of hydrogen-bond donors (Lipinski definition) is 0. The van der Waals surface area contributed by atoms with Crippen molar-refractivity contribution in [1.29, 1.82) is 0 Å². The Morgan fingerprint density at radius 2 is 2.75 bits per heavy atom. The molecule has 2 heteroatoms. The van der Waals surface area contributed by atoms with Gasteiger partial charge in [0.25, 0.3) is 0 Å². The Bertz CT molecular complexity index is 134. The number of nitrogens with zero attached hydrogens (tertiary/aromatic N) is 1. The molecule has 0 bridgehead atoms. The van der Waals surface area contributed by atoms with E-state index in [0.29, 0.717) is 0 Å². The predicted octanol–water partition coefficient (Wildman–Crippen LogP) is 1.10. The fourth-order valence-electron chi connectivity index (χ4n) is 0.527. The van der Waals surface area contributed by atoms with Crippen LogP contribution in [0.1, 0.15) is 0 Å². The summed E-state index contributed by atoms with van der Waals surface area (Å²) in [7, 11) is 0. The van der Waals surface area contributed by atoms with E-state index in [4.69, 9.17) is 6.42 Å². The first-order chi connectivity index (χ1) is 3.93. The lowest BCUT2D eigenvalue weighted by atomic mass is 10.6. The highest BCUT2D eigenvalue weighted by molar-refractivity contribution is 8.02. The van der Waals surface area contributed by atoms with Gasteiger partial charge in [0.15, 0.2) is 0 Å². The van der Waals surface area contributed by atoms with Crippen LogP contribution in [-0.4, -0.2) is 17.3 Å². The van der Waals surface area contributed by atoms with Gasteiger partial charge >= 0.3 is 0 Å². The first-order valence-electron chi connectivity index (χ1n) is 2.39. The monoisotopic (exact) mass is 125 g/mol. The van der Waals surface area contributed by atoms with Gasteiger partial charge < -0.3 is 4.90 Å². The Morgan fingerprint density at radius 1 is 1.88 bits per heavy atom. The first-order valence-corrected chi connectivity index (χ1v) is 3.44. The Hall–Kier alpha value is -0.550. The zero-order valence-electron chi connectivity index (χ0n) is 4.50. The minimum absolute atomic E-state index is 0.740. The summed E-state index contributed by atoms with van der Waals surface area (Å²) in [6, 6.07) is 0. The van der Waals surface area contributed by atoms with Gasteiger partial charge in [0.1, 0.15) is 0 Å². The summed E-state index contributed by atoms with van der Waals surface area (Å²) < 4.78 is 0. The fourth-order valence-corrected chi connectivity index (χ4v) is 1.24. The highest BCUT2D eigenvalue weighted by Gasteiger charge is 1.99. The molecule has 1 heterocycles. The van der Waals surface area contributed by atoms with Gasteiger partial charge in [0.05, 0.1) is 12.4 Å². The van der Waals surface area contributed by atoms with Crippen LogP contribution in [0.25, 0.3) is 0 Å². The minimum atomic E-state index is 0.740. The van der Waals surface area contributed by atoms with E-state index in [1.807, 2.05) is 6.20 Å². The minimum Gasteiger partial charge on any atom is -0.356 e. The lowest BCUT2D eigenvalue weighted by molar-refractivity contribution is 0.507. The van der Waals surface area contributed by atoms with E-state index in [1.54, 1.807) is 11.8 Å². The average molecular weight is 125 g/mol. The molecule has 0 saturated heterocycles. The summed E-state index contributed by atoms with van der Waals surface area (Å²) >= 11 is 1.77. The van der Waals surface area contributed by atoms with Crippen molar-refractivity contribution in [2.45, 2.75) is 0 Å².